The number of thioether (sulfide) groups is 1. The van der Waals surface area contributed by atoms with E-state index in [0.29, 0.717) is 11.0 Å². The van der Waals surface area contributed by atoms with E-state index in [2.05, 4.69) is 30.1 Å². The van der Waals surface area contributed by atoms with E-state index in [1.54, 1.807) is 6.20 Å². The van der Waals surface area contributed by atoms with Crippen molar-refractivity contribution in [1.82, 2.24) is 9.97 Å². The number of ether oxygens (including phenoxy) is 1. The fourth-order valence-electron chi connectivity index (χ4n) is 2.47. The minimum absolute atomic E-state index is 0.0732. The van der Waals surface area contributed by atoms with E-state index in [1.807, 2.05) is 24.0 Å². The van der Waals surface area contributed by atoms with Gasteiger partial charge in [0.1, 0.15) is 11.3 Å². The number of hydrogen-bond donors (Lipinski definition) is 1. The van der Waals surface area contributed by atoms with Crippen LogP contribution >= 0.6 is 23.4 Å². The van der Waals surface area contributed by atoms with Gasteiger partial charge < -0.3 is 10.5 Å². The van der Waals surface area contributed by atoms with E-state index in [9.17, 15) is 0 Å². The van der Waals surface area contributed by atoms with Crippen molar-refractivity contribution in [2.45, 2.75) is 45.3 Å². The maximum Gasteiger partial charge on any atom is 0.223 e. The quantitative estimate of drug-likeness (QED) is 0.702. The first-order valence-electron chi connectivity index (χ1n) is 7.96. The van der Waals surface area contributed by atoms with Gasteiger partial charge in [0.2, 0.25) is 5.88 Å². The molecule has 0 bridgehead atoms. The van der Waals surface area contributed by atoms with Crippen molar-refractivity contribution in [3.63, 3.8) is 0 Å². The van der Waals surface area contributed by atoms with Crippen LogP contribution in [0.15, 0.2) is 18.5 Å². The third-order valence-corrected chi connectivity index (χ3v) is 4.80. The second kappa shape index (κ2) is 8.71. The van der Waals surface area contributed by atoms with Gasteiger partial charge in [0, 0.05) is 18.4 Å². The molecule has 2 rings (SSSR count). The smallest absolute Gasteiger partial charge is 0.223 e. The summed E-state index contributed by atoms with van der Waals surface area (Å²) in [6, 6.07) is 1.77. The van der Waals surface area contributed by atoms with Crippen LogP contribution in [0.3, 0.4) is 0 Å². The molecule has 0 fully saturated rings. The monoisotopic (exact) mass is 353 g/mol. The molecule has 0 amide bonds. The maximum absolute atomic E-state index is 6.21. The lowest BCUT2D eigenvalue weighted by Crippen LogP contribution is -2.18. The number of halogens is 1. The Bertz CT molecular complexity index is 653. The molecule has 0 spiro atoms. The Morgan fingerprint density at radius 2 is 2.00 bits per heavy atom. The third kappa shape index (κ3) is 4.49. The van der Waals surface area contributed by atoms with E-state index >= 15 is 0 Å². The van der Waals surface area contributed by atoms with Gasteiger partial charge in [0.25, 0.3) is 0 Å². The molecule has 0 radical (unpaired) electrons. The molecule has 2 aromatic heterocycles. The van der Waals surface area contributed by atoms with Gasteiger partial charge in [-0.15, -0.1) is 0 Å². The van der Waals surface area contributed by atoms with Crippen LogP contribution in [0, 0.1) is 0 Å². The van der Waals surface area contributed by atoms with Crippen molar-refractivity contribution >= 4 is 34.1 Å². The zero-order valence-electron chi connectivity index (χ0n) is 13.9. The van der Waals surface area contributed by atoms with Crippen LogP contribution in [0.1, 0.15) is 44.7 Å². The second-order valence-corrected chi connectivity index (χ2v) is 6.89. The van der Waals surface area contributed by atoms with E-state index < -0.39 is 0 Å². The van der Waals surface area contributed by atoms with Gasteiger partial charge in [-0.05, 0) is 48.3 Å². The highest BCUT2D eigenvalue weighted by molar-refractivity contribution is 7.98. The van der Waals surface area contributed by atoms with E-state index in [4.69, 9.17) is 22.1 Å². The average molecular weight is 354 g/mol. The fourth-order valence-corrected chi connectivity index (χ4v) is 3.13. The minimum Gasteiger partial charge on any atom is -0.474 e. The Labute approximate surface area is 147 Å². The van der Waals surface area contributed by atoms with Crippen molar-refractivity contribution in [2.75, 3.05) is 12.0 Å². The number of pyridine rings is 2. The molecule has 23 heavy (non-hydrogen) atoms. The number of nitrogens with zero attached hydrogens (tertiary/aromatic N) is 2. The molecule has 2 aromatic rings. The molecule has 0 aliphatic rings. The SMILES string of the molecule is CCC(CCSC)Oc1ncc(C(N)CC)c2cc(Cl)ncc12. The first-order chi connectivity index (χ1) is 11.1. The Balaban J connectivity index is 2.41. The highest BCUT2D eigenvalue weighted by atomic mass is 35.5. The van der Waals surface area contributed by atoms with Crippen LogP contribution in [0.4, 0.5) is 0 Å². The molecule has 4 nitrogen and oxygen atoms in total. The summed E-state index contributed by atoms with van der Waals surface area (Å²) in [6.07, 6.45) is 8.57. The Morgan fingerprint density at radius 1 is 1.22 bits per heavy atom. The number of fused-ring (bicyclic) bond motifs is 1. The molecule has 2 unspecified atom stereocenters. The van der Waals surface area contributed by atoms with Gasteiger partial charge in [-0.25, -0.2) is 9.97 Å². The largest absolute Gasteiger partial charge is 0.474 e. The topological polar surface area (TPSA) is 61.0 Å². The summed E-state index contributed by atoms with van der Waals surface area (Å²) >= 11 is 7.90. The molecule has 126 valence electrons. The van der Waals surface area contributed by atoms with Crippen LogP contribution in [-0.2, 0) is 0 Å². The number of nitrogens with two attached hydrogens (primary N) is 1. The Morgan fingerprint density at radius 3 is 2.65 bits per heavy atom. The van der Waals surface area contributed by atoms with E-state index in [0.717, 1.165) is 41.4 Å². The molecular formula is C17H24ClN3OS. The summed E-state index contributed by atoms with van der Waals surface area (Å²) in [5.74, 6) is 1.68. The Hall–Kier alpha value is -1.04. The molecule has 2 atom stereocenters. The molecule has 0 aliphatic carbocycles. The standard InChI is InChI=1S/C17H24ClN3OS/c1-4-11(6-7-23-3)22-17-14-10-20-16(18)8-12(14)13(9-21-17)15(19)5-2/h8-11,15H,4-7,19H2,1-3H3. The lowest BCUT2D eigenvalue weighted by molar-refractivity contribution is 0.189. The minimum atomic E-state index is -0.0732. The summed E-state index contributed by atoms with van der Waals surface area (Å²) in [6.45, 7) is 4.18. The van der Waals surface area contributed by atoms with Crippen molar-refractivity contribution in [3.8, 4) is 5.88 Å². The van der Waals surface area contributed by atoms with Crippen LogP contribution in [0.5, 0.6) is 5.88 Å². The normalized spacial score (nSPS) is 14.0. The molecule has 2 N–H and O–H groups in total. The molecule has 0 aromatic carbocycles. The first-order valence-corrected chi connectivity index (χ1v) is 9.73. The van der Waals surface area contributed by atoms with E-state index in [-0.39, 0.29) is 12.1 Å². The van der Waals surface area contributed by atoms with Crippen molar-refractivity contribution in [3.05, 3.63) is 29.2 Å². The lowest BCUT2D eigenvalue weighted by Gasteiger charge is -2.19. The summed E-state index contributed by atoms with van der Waals surface area (Å²) in [4.78, 5) is 8.70. The van der Waals surface area contributed by atoms with Crippen LogP contribution in [0.25, 0.3) is 10.8 Å². The van der Waals surface area contributed by atoms with Crippen LogP contribution in [-0.4, -0.2) is 28.1 Å². The summed E-state index contributed by atoms with van der Waals surface area (Å²) in [5, 5.41) is 2.30. The predicted octanol–water partition coefficient (Wildman–Crippen LogP) is 4.60. The number of aromatic nitrogens is 2. The Kier molecular flexibility index (Phi) is 6.93. The van der Waals surface area contributed by atoms with Gasteiger partial charge in [0.05, 0.1) is 5.39 Å². The molecule has 0 saturated carbocycles. The zero-order valence-corrected chi connectivity index (χ0v) is 15.5. The van der Waals surface area contributed by atoms with Gasteiger partial charge in [-0.2, -0.15) is 11.8 Å². The number of rotatable bonds is 8. The molecular weight excluding hydrogens is 330 g/mol. The summed E-state index contributed by atoms with van der Waals surface area (Å²) in [7, 11) is 0. The van der Waals surface area contributed by atoms with Crippen LogP contribution < -0.4 is 10.5 Å². The van der Waals surface area contributed by atoms with Gasteiger partial charge >= 0.3 is 0 Å². The number of hydrogen-bond acceptors (Lipinski definition) is 5. The average Bonchev–Trinajstić information content (AvgIpc) is 2.57. The maximum atomic E-state index is 6.21. The van der Waals surface area contributed by atoms with Crippen molar-refractivity contribution < 1.29 is 4.74 Å². The molecule has 2 heterocycles. The van der Waals surface area contributed by atoms with Gasteiger partial charge in [-0.1, -0.05) is 25.4 Å². The van der Waals surface area contributed by atoms with Gasteiger partial charge in [-0.3, -0.25) is 0 Å². The molecule has 6 heteroatoms. The van der Waals surface area contributed by atoms with Crippen molar-refractivity contribution in [2.24, 2.45) is 5.73 Å². The summed E-state index contributed by atoms with van der Waals surface area (Å²) in [5.41, 5.74) is 7.19. The lowest BCUT2D eigenvalue weighted by atomic mass is 10.0. The molecule has 0 saturated heterocycles. The summed E-state index contributed by atoms with van der Waals surface area (Å²) < 4.78 is 6.14. The predicted molar refractivity (Wildman–Crippen MR) is 99.5 cm³/mol. The zero-order chi connectivity index (χ0) is 16.8. The van der Waals surface area contributed by atoms with Crippen molar-refractivity contribution in [1.29, 1.82) is 0 Å². The first kappa shape index (κ1) is 18.3. The van der Waals surface area contributed by atoms with Gasteiger partial charge in [0.15, 0.2) is 0 Å². The molecule has 0 aliphatic heterocycles. The van der Waals surface area contributed by atoms with E-state index in [1.165, 1.54) is 0 Å². The fraction of sp³-hybridized carbons (Fsp3) is 0.529. The van der Waals surface area contributed by atoms with Crippen LogP contribution in [0.2, 0.25) is 5.15 Å². The highest BCUT2D eigenvalue weighted by Gasteiger charge is 2.16. The second-order valence-electron chi connectivity index (χ2n) is 5.52. The highest BCUT2D eigenvalue weighted by Crippen LogP contribution is 2.32. The third-order valence-electron chi connectivity index (χ3n) is 3.95.